The van der Waals surface area contributed by atoms with Crippen LogP contribution in [-0.2, 0) is 4.79 Å². The van der Waals surface area contributed by atoms with Gasteiger partial charge in [0.2, 0.25) is 5.88 Å². The second kappa shape index (κ2) is 8.81. The number of pyridine rings is 1. The van der Waals surface area contributed by atoms with Gasteiger partial charge in [-0.25, -0.2) is 9.78 Å². The van der Waals surface area contributed by atoms with Crippen LogP contribution in [-0.4, -0.2) is 34.1 Å². The Bertz CT molecular complexity index is 531. The standard InChI is InChI=1S/C16H22N2O4/c1-4-6-7-13(16(20)21)18-15(19)12-8-9-17-14(10-12)22-11(3)5-2/h4,8-11,13H,1,5-7H2,2-3H3,(H,18,19)(H,20,21). The van der Waals surface area contributed by atoms with Gasteiger partial charge in [-0.15, -0.1) is 6.58 Å². The number of carboxylic acid groups (broad SMARTS) is 1. The van der Waals surface area contributed by atoms with Crippen molar-refractivity contribution in [1.82, 2.24) is 10.3 Å². The zero-order chi connectivity index (χ0) is 16.5. The van der Waals surface area contributed by atoms with Crippen molar-refractivity contribution >= 4 is 11.9 Å². The Morgan fingerprint density at radius 1 is 1.55 bits per heavy atom. The molecule has 0 aliphatic heterocycles. The minimum atomic E-state index is -1.07. The van der Waals surface area contributed by atoms with Gasteiger partial charge in [0.05, 0.1) is 6.10 Å². The average molecular weight is 306 g/mol. The normalized spacial score (nSPS) is 13.0. The van der Waals surface area contributed by atoms with Crippen LogP contribution >= 0.6 is 0 Å². The zero-order valence-electron chi connectivity index (χ0n) is 12.9. The second-order valence-corrected chi connectivity index (χ2v) is 4.95. The first-order valence-electron chi connectivity index (χ1n) is 7.25. The first-order chi connectivity index (χ1) is 10.5. The summed E-state index contributed by atoms with van der Waals surface area (Å²) < 4.78 is 5.55. The summed E-state index contributed by atoms with van der Waals surface area (Å²) in [5.74, 6) is -1.19. The van der Waals surface area contributed by atoms with E-state index in [9.17, 15) is 9.59 Å². The molecule has 6 heteroatoms. The van der Waals surface area contributed by atoms with Gasteiger partial charge >= 0.3 is 5.97 Å². The molecule has 0 aromatic carbocycles. The van der Waals surface area contributed by atoms with Gasteiger partial charge in [0.1, 0.15) is 6.04 Å². The smallest absolute Gasteiger partial charge is 0.326 e. The molecule has 22 heavy (non-hydrogen) atoms. The predicted molar refractivity (Wildman–Crippen MR) is 82.9 cm³/mol. The number of hydrogen-bond acceptors (Lipinski definition) is 4. The van der Waals surface area contributed by atoms with Crippen LogP contribution in [0.5, 0.6) is 5.88 Å². The van der Waals surface area contributed by atoms with E-state index in [4.69, 9.17) is 9.84 Å². The number of aliphatic carboxylic acids is 1. The van der Waals surface area contributed by atoms with E-state index in [1.54, 1.807) is 6.08 Å². The summed E-state index contributed by atoms with van der Waals surface area (Å²) in [5, 5.41) is 11.6. The summed E-state index contributed by atoms with van der Waals surface area (Å²) in [4.78, 5) is 27.3. The highest BCUT2D eigenvalue weighted by Crippen LogP contribution is 2.13. The molecule has 0 radical (unpaired) electrons. The monoisotopic (exact) mass is 306 g/mol. The lowest BCUT2D eigenvalue weighted by molar-refractivity contribution is -0.139. The fourth-order valence-electron chi connectivity index (χ4n) is 1.69. The Balaban J connectivity index is 2.77. The number of rotatable bonds is 9. The third-order valence-corrected chi connectivity index (χ3v) is 3.16. The molecule has 0 saturated heterocycles. The van der Waals surface area contributed by atoms with Crippen LogP contribution in [0.3, 0.4) is 0 Å². The molecule has 0 fully saturated rings. The van der Waals surface area contributed by atoms with Crippen molar-refractivity contribution in [3.8, 4) is 5.88 Å². The molecule has 120 valence electrons. The summed E-state index contributed by atoms with van der Waals surface area (Å²) in [6, 6.07) is 2.08. The van der Waals surface area contributed by atoms with Crippen molar-refractivity contribution in [3.63, 3.8) is 0 Å². The number of nitrogens with one attached hydrogen (secondary N) is 1. The average Bonchev–Trinajstić information content (AvgIpc) is 2.51. The van der Waals surface area contributed by atoms with Crippen LogP contribution in [0.15, 0.2) is 31.0 Å². The Hall–Kier alpha value is -2.37. The van der Waals surface area contributed by atoms with Crippen LogP contribution < -0.4 is 10.1 Å². The van der Waals surface area contributed by atoms with Crippen molar-refractivity contribution in [2.75, 3.05) is 0 Å². The number of ether oxygens (including phenoxy) is 1. The molecule has 2 N–H and O–H groups in total. The summed E-state index contributed by atoms with van der Waals surface area (Å²) in [6.45, 7) is 7.44. The quantitative estimate of drug-likeness (QED) is 0.684. The molecule has 6 nitrogen and oxygen atoms in total. The minimum Gasteiger partial charge on any atom is -0.480 e. The van der Waals surface area contributed by atoms with Gasteiger partial charge in [0.25, 0.3) is 5.91 Å². The molecule has 0 saturated carbocycles. The van der Waals surface area contributed by atoms with Crippen LogP contribution in [0.4, 0.5) is 0 Å². The van der Waals surface area contributed by atoms with E-state index in [0.717, 1.165) is 6.42 Å². The zero-order valence-corrected chi connectivity index (χ0v) is 12.9. The molecule has 1 rings (SSSR count). The van der Waals surface area contributed by atoms with Gasteiger partial charge in [-0.1, -0.05) is 13.0 Å². The molecule has 2 unspecified atom stereocenters. The number of carbonyl (C=O) groups excluding carboxylic acids is 1. The molecule has 0 bridgehead atoms. The highest BCUT2D eigenvalue weighted by molar-refractivity contribution is 5.96. The van der Waals surface area contributed by atoms with Crippen LogP contribution in [0.1, 0.15) is 43.5 Å². The lowest BCUT2D eigenvalue weighted by Gasteiger charge is -2.15. The van der Waals surface area contributed by atoms with Crippen molar-refractivity contribution in [3.05, 3.63) is 36.5 Å². The van der Waals surface area contributed by atoms with Gasteiger partial charge < -0.3 is 15.2 Å². The lowest BCUT2D eigenvalue weighted by Crippen LogP contribution is -2.40. The Labute approximate surface area is 130 Å². The number of carbonyl (C=O) groups is 2. The van der Waals surface area contributed by atoms with E-state index in [1.807, 2.05) is 13.8 Å². The maximum absolute atomic E-state index is 12.1. The van der Waals surface area contributed by atoms with E-state index < -0.39 is 17.9 Å². The largest absolute Gasteiger partial charge is 0.480 e. The molecule has 1 aromatic rings. The molecular formula is C16H22N2O4. The van der Waals surface area contributed by atoms with E-state index in [1.165, 1.54) is 18.3 Å². The predicted octanol–water partition coefficient (Wildman–Crippen LogP) is 2.41. The molecular weight excluding hydrogens is 284 g/mol. The number of allylic oxidation sites excluding steroid dienone is 1. The van der Waals surface area contributed by atoms with E-state index in [-0.39, 0.29) is 6.10 Å². The van der Waals surface area contributed by atoms with Gasteiger partial charge in [0.15, 0.2) is 0 Å². The molecule has 1 heterocycles. The number of nitrogens with zero attached hydrogens (tertiary/aromatic N) is 1. The Morgan fingerprint density at radius 2 is 2.27 bits per heavy atom. The van der Waals surface area contributed by atoms with Gasteiger partial charge in [-0.3, -0.25) is 4.79 Å². The summed E-state index contributed by atoms with van der Waals surface area (Å²) in [5.41, 5.74) is 0.318. The Kier molecular flexibility index (Phi) is 7.08. The summed E-state index contributed by atoms with van der Waals surface area (Å²) >= 11 is 0. The SMILES string of the molecule is C=CCCC(NC(=O)c1ccnc(OC(C)CC)c1)C(=O)O. The van der Waals surface area contributed by atoms with Crippen molar-refractivity contribution < 1.29 is 19.4 Å². The molecule has 0 spiro atoms. The number of aromatic nitrogens is 1. The fourth-order valence-corrected chi connectivity index (χ4v) is 1.69. The lowest BCUT2D eigenvalue weighted by atomic mass is 10.1. The summed E-state index contributed by atoms with van der Waals surface area (Å²) in [7, 11) is 0. The second-order valence-electron chi connectivity index (χ2n) is 4.95. The van der Waals surface area contributed by atoms with E-state index in [2.05, 4.69) is 16.9 Å². The maximum atomic E-state index is 12.1. The Morgan fingerprint density at radius 3 is 2.86 bits per heavy atom. The third kappa shape index (κ3) is 5.55. The van der Waals surface area contributed by atoms with Crippen LogP contribution in [0, 0.1) is 0 Å². The molecule has 1 aromatic heterocycles. The first-order valence-corrected chi connectivity index (χ1v) is 7.25. The molecule has 0 aliphatic rings. The number of carboxylic acids is 1. The minimum absolute atomic E-state index is 0.00910. The van der Waals surface area contributed by atoms with Crippen molar-refractivity contribution in [2.45, 2.75) is 45.3 Å². The van der Waals surface area contributed by atoms with Gasteiger partial charge in [-0.05, 0) is 32.3 Å². The fraction of sp³-hybridized carbons (Fsp3) is 0.438. The summed E-state index contributed by atoms with van der Waals surface area (Å²) in [6.07, 6.45) is 4.70. The van der Waals surface area contributed by atoms with Crippen molar-refractivity contribution in [2.24, 2.45) is 0 Å². The van der Waals surface area contributed by atoms with Crippen LogP contribution in [0.2, 0.25) is 0 Å². The highest BCUT2D eigenvalue weighted by atomic mass is 16.5. The number of hydrogen-bond donors (Lipinski definition) is 2. The molecule has 0 aliphatic carbocycles. The molecule has 2 atom stereocenters. The van der Waals surface area contributed by atoms with E-state index in [0.29, 0.717) is 24.3 Å². The van der Waals surface area contributed by atoms with Gasteiger partial charge in [-0.2, -0.15) is 0 Å². The maximum Gasteiger partial charge on any atom is 0.326 e. The number of amides is 1. The molecule has 1 amide bonds. The highest BCUT2D eigenvalue weighted by Gasteiger charge is 2.20. The van der Waals surface area contributed by atoms with Crippen molar-refractivity contribution in [1.29, 1.82) is 0 Å². The topological polar surface area (TPSA) is 88.5 Å². The van der Waals surface area contributed by atoms with E-state index >= 15 is 0 Å². The third-order valence-electron chi connectivity index (χ3n) is 3.16. The first kappa shape index (κ1) is 17.7. The van der Waals surface area contributed by atoms with Crippen LogP contribution in [0.25, 0.3) is 0 Å². The van der Waals surface area contributed by atoms with Gasteiger partial charge in [0, 0.05) is 17.8 Å².